The molecule has 1 aliphatic heterocycles. The van der Waals surface area contributed by atoms with Crippen LogP contribution in [0.25, 0.3) is 0 Å². The number of hydrogen-bond donors (Lipinski definition) is 0. The van der Waals surface area contributed by atoms with Gasteiger partial charge in [0.1, 0.15) is 5.75 Å². The molecule has 0 aromatic heterocycles. The van der Waals surface area contributed by atoms with Crippen molar-refractivity contribution in [2.45, 2.75) is 25.2 Å². The van der Waals surface area contributed by atoms with Gasteiger partial charge in [0.25, 0.3) is 0 Å². The average Bonchev–Trinajstić information content (AvgIpc) is 3.10. The quantitative estimate of drug-likeness (QED) is 0.707. The van der Waals surface area contributed by atoms with Gasteiger partial charge in [-0.05, 0) is 67.1 Å². The minimum absolute atomic E-state index is 0. The van der Waals surface area contributed by atoms with E-state index in [-0.39, 0.29) is 24.8 Å². The van der Waals surface area contributed by atoms with E-state index in [1.807, 2.05) is 0 Å². The smallest absolute Gasteiger partial charge is 0.119 e. The van der Waals surface area contributed by atoms with E-state index in [9.17, 15) is 0 Å². The third kappa shape index (κ3) is 5.10. The van der Waals surface area contributed by atoms with Crippen LogP contribution in [-0.2, 0) is 6.42 Å². The van der Waals surface area contributed by atoms with Crippen molar-refractivity contribution < 1.29 is 4.74 Å². The Hall–Kier alpha value is -1.42. The number of piperazine rings is 1. The summed E-state index contributed by atoms with van der Waals surface area (Å²) in [6.45, 7) is 5.80. The number of halogens is 2. The highest BCUT2D eigenvalue weighted by Crippen LogP contribution is 2.35. The topological polar surface area (TPSA) is 15.7 Å². The number of hydrogen-bond acceptors (Lipinski definition) is 3. The number of fused-ring (bicyclic) bond motifs is 1. The lowest BCUT2D eigenvalue weighted by atomic mass is 9.97. The summed E-state index contributed by atoms with van der Waals surface area (Å²) in [5, 5.41) is 0. The van der Waals surface area contributed by atoms with Crippen LogP contribution in [-0.4, -0.2) is 44.7 Å². The summed E-state index contributed by atoms with van der Waals surface area (Å²) in [7, 11) is 1.72. The standard InChI is InChI=1S/C22H28N2O.2ClH/c1-25-21-10-8-20(9-11-21)24-16-14-23(15-17-24)13-12-19-7-6-18-4-2-3-5-22(18)19;;/h2-5,8-11,19H,6-7,12-17H2,1H3;2*1H. The Morgan fingerprint density at radius 1 is 0.926 bits per heavy atom. The van der Waals surface area contributed by atoms with Gasteiger partial charge in [0.05, 0.1) is 7.11 Å². The first-order valence-electron chi connectivity index (χ1n) is 9.52. The highest BCUT2D eigenvalue weighted by atomic mass is 35.5. The molecular weight excluding hydrogens is 379 g/mol. The van der Waals surface area contributed by atoms with Crippen molar-refractivity contribution in [3.8, 4) is 5.75 Å². The lowest BCUT2D eigenvalue weighted by Gasteiger charge is -2.36. The van der Waals surface area contributed by atoms with E-state index in [4.69, 9.17) is 4.74 Å². The first kappa shape index (κ1) is 21.9. The molecule has 0 amide bonds. The van der Waals surface area contributed by atoms with Crippen LogP contribution >= 0.6 is 24.8 Å². The van der Waals surface area contributed by atoms with Crippen LogP contribution in [0.15, 0.2) is 48.5 Å². The minimum atomic E-state index is 0. The molecule has 2 aromatic carbocycles. The molecule has 1 unspecified atom stereocenters. The molecule has 3 nitrogen and oxygen atoms in total. The molecule has 4 rings (SSSR count). The fourth-order valence-electron chi connectivity index (χ4n) is 4.31. The Labute approximate surface area is 175 Å². The fraction of sp³-hybridized carbons (Fsp3) is 0.455. The summed E-state index contributed by atoms with van der Waals surface area (Å²) < 4.78 is 5.25. The van der Waals surface area contributed by atoms with Crippen LogP contribution in [0.2, 0.25) is 0 Å². The zero-order chi connectivity index (χ0) is 17.1. The largest absolute Gasteiger partial charge is 0.497 e. The summed E-state index contributed by atoms with van der Waals surface area (Å²) in [5.41, 5.74) is 4.50. The van der Waals surface area contributed by atoms with Gasteiger partial charge >= 0.3 is 0 Å². The van der Waals surface area contributed by atoms with Gasteiger partial charge in [0, 0.05) is 31.9 Å². The number of aryl methyl sites for hydroxylation is 1. The first-order valence-corrected chi connectivity index (χ1v) is 9.52. The van der Waals surface area contributed by atoms with Gasteiger partial charge in [-0.1, -0.05) is 24.3 Å². The van der Waals surface area contributed by atoms with Gasteiger partial charge in [-0.25, -0.2) is 0 Å². The van der Waals surface area contributed by atoms with Gasteiger partial charge in [-0.2, -0.15) is 0 Å². The van der Waals surface area contributed by atoms with E-state index in [1.165, 1.54) is 44.6 Å². The normalized spacial score (nSPS) is 19.0. The van der Waals surface area contributed by atoms with Gasteiger partial charge in [0.2, 0.25) is 0 Å². The molecule has 0 saturated carbocycles. The lowest BCUT2D eigenvalue weighted by molar-refractivity contribution is 0.248. The molecule has 0 N–H and O–H groups in total. The maximum atomic E-state index is 5.25. The molecule has 2 aromatic rings. The van der Waals surface area contributed by atoms with E-state index in [0.717, 1.165) is 24.8 Å². The summed E-state index contributed by atoms with van der Waals surface area (Å²) in [5.74, 6) is 1.70. The molecule has 0 radical (unpaired) electrons. The van der Waals surface area contributed by atoms with Crippen molar-refractivity contribution in [1.29, 1.82) is 0 Å². The van der Waals surface area contributed by atoms with E-state index in [0.29, 0.717) is 0 Å². The van der Waals surface area contributed by atoms with E-state index in [2.05, 4.69) is 58.3 Å². The van der Waals surface area contributed by atoms with Crippen LogP contribution in [0.1, 0.15) is 29.9 Å². The highest BCUT2D eigenvalue weighted by Gasteiger charge is 2.23. The molecule has 0 spiro atoms. The number of methoxy groups -OCH3 is 1. The molecular formula is C22H30Cl2N2O. The molecule has 2 aliphatic rings. The van der Waals surface area contributed by atoms with Crippen molar-refractivity contribution in [3.63, 3.8) is 0 Å². The maximum Gasteiger partial charge on any atom is 0.119 e. The summed E-state index contributed by atoms with van der Waals surface area (Å²) >= 11 is 0. The van der Waals surface area contributed by atoms with Crippen LogP contribution in [0.5, 0.6) is 5.75 Å². The fourth-order valence-corrected chi connectivity index (χ4v) is 4.31. The van der Waals surface area contributed by atoms with E-state index in [1.54, 1.807) is 18.2 Å². The minimum Gasteiger partial charge on any atom is -0.497 e. The second-order valence-corrected chi connectivity index (χ2v) is 7.25. The zero-order valence-corrected chi connectivity index (χ0v) is 17.6. The van der Waals surface area contributed by atoms with E-state index < -0.39 is 0 Å². The summed E-state index contributed by atoms with van der Waals surface area (Å²) in [6.07, 6.45) is 3.91. The highest BCUT2D eigenvalue weighted by molar-refractivity contribution is 5.85. The Balaban J connectivity index is 0.00000131. The van der Waals surface area contributed by atoms with Crippen molar-refractivity contribution in [2.75, 3.05) is 44.7 Å². The van der Waals surface area contributed by atoms with Crippen LogP contribution < -0.4 is 9.64 Å². The molecule has 1 aliphatic carbocycles. The molecule has 1 atom stereocenters. The molecule has 5 heteroatoms. The number of anilines is 1. The van der Waals surface area contributed by atoms with Crippen LogP contribution in [0.3, 0.4) is 0 Å². The number of rotatable bonds is 5. The predicted octanol–water partition coefficient (Wildman–Crippen LogP) is 4.78. The lowest BCUT2D eigenvalue weighted by Crippen LogP contribution is -2.46. The molecule has 0 bridgehead atoms. The van der Waals surface area contributed by atoms with Crippen LogP contribution in [0.4, 0.5) is 5.69 Å². The Kier molecular flexibility index (Phi) is 8.28. The number of nitrogens with zero attached hydrogens (tertiary/aromatic N) is 2. The van der Waals surface area contributed by atoms with E-state index >= 15 is 0 Å². The van der Waals surface area contributed by atoms with Gasteiger partial charge in [-0.3, -0.25) is 4.90 Å². The van der Waals surface area contributed by atoms with Crippen molar-refractivity contribution in [1.82, 2.24) is 4.90 Å². The molecule has 1 fully saturated rings. The third-order valence-electron chi connectivity index (χ3n) is 5.86. The van der Waals surface area contributed by atoms with Crippen LogP contribution in [0, 0.1) is 0 Å². The SMILES string of the molecule is COc1ccc(N2CCN(CCC3CCc4ccccc43)CC2)cc1.Cl.Cl. The first-order chi connectivity index (χ1) is 12.3. The molecule has 27 heavy (non-hydrogen) atoms. The Morgan fingerprint density at radius 2 is 1.63 bits per heavy atom. The predicted molar refractivity (Wildman–Crippen MR) is 118 cm³/mol. The maximum absolute atomic E-state index is 5.25. The second-order valence-electron chi connectivity index (χ2n) is 7.25. The monoisotopic (exact) mass is 408 g/mol. The summed E-state index contributed by atoms with van der Waals surface area (Å²) in [6, 6.07) is 17.5. The third-order valence-corrected chi connectivity index (χ3v) is 5.86. The Morgan fingerprint density at radius 3 is 2.33 bits per heavy atom. The average molecular weight is 409 g/mol. The van der Waals surface area contributed by atoms with Gasteiger partial charge < -0.3 is 9.64 Å². The van der Waals surface area contributed by atoms with Gasteiger partial charge in [-0.15, -0.1) is 24.8 Å². The van der Waals surface area contributed by atoms with Gasteiger partial charge in [0.15, 0.2) is 0 Å². The molecule has 1 saturated heterocycles. The Bertz CT molecular complexity index is 700. The second kappa shape index (κ2) is 10.2. The molecule has 148 valence electrons. The van der Waals surface area contributed by atoms with Crippen molar-refractivity contribution in [3.05, 3.63) is 59.7 Å². The summed E-state index contributed by atoms with van der Waals surface area (Å²) in [4.78, 5) is 5.13. The number of ether oxygens (including phenoxy) is 1. The van der Waals surface area contributed by atoms with Crippen molar-refractivity contribution in [2.24, 2.45) is 0 Å². The number of benzene rings is 2. The molecule has 1 heterocycles. The van der Waals surface area contributed by atoms with Crippen molar-refractivity contribution >= 4 is 30.5 Å². The zero-order valence-electron chi connectivity index (χ0n) is 16.0.